The van der Waals surface area contributed by atoms with Gasteiger partial charge in [-0.2, -0.15) is 0 Å². The molecule has 0 saturated carbocycles. The molecule has 1 N–H and O–H groups in total. The van der Waals surface area contributed by atoms with E-state index in [0.29, 0.717) is 17.2 Å². The molecule has 1 aromatic carbocycles. The highest BCUT2D eigenvalue weighted by atomic mass is 19.1. The molecule has 0 radical (unpaired) electrons. The third kappa shape index (κ3) is 3.25. The van der Waals surface area contributed by atoms with Crippen LogP contribution in [0.15, 0.2) is 59.7 Å². The lowest BCUT2D eigenvalue weighted by atomic mass is 10.2. The number of hydrogen-bond donors (Lipinski definition) is 1. The summed E-state index contributed by atoms with van der Waals surface area (Å²) in [6.45, 7) is 1.34. The van der Waals surface area contributed by atoms with Gasteiger partial charge in [-0.3, -0.25) is 9.78 Å². The van der Waals surface area contributed by atoms with E-state index in [2.05, 4.69) is 20.4 Å². The summed E-state index contributed by atoms with van der Waals surface area (Å²) >= 11 is 0. The maximum atomic E-state index is 13.7. The van der Waals surface area contributed by atoms with Gasteiger partial charge in [-0.15, -0.1) is 5.10 Å². The summed E-state index contributed by atoms with van der Waals surface area (Å²) in [6.07, 6.45) is 3.29. The van der Waals surface area contributed by atoms with Crippen molar-refractivity contribution >= 4 is 17.2 Å². The molecule has 0 spiro atoms. The summed E-state index contributed by atoms with van der Waals surface area (Å²) < 4.78 is 16.0. The molecule has 0 atom stereocenters. The van der Waals surface area contributed by atoms with Crippen LogP contribution < -0.4 is 11.0 Å². The van der Waals surface area contributed by atoms with Crippen molar-refractivity contribution in [2.24, 2.45) is 0 Å². The van der Waals surface area contributed by atoms with Gasteiger partial charge >= 0.3 is 5.69 Å². The summed E-state index contributed by atoms with van der Waals surface area (Å²) in [4.78, 5) is 33.2. The number of anilines is 1. The third-order valence-electron chi connectivity index (χ3n) is 4.15. The predicted molar refractivity (Wildman–Crippen MR) is 100 cm³/mol. The molecule has 8 nitrogen and oxygen atoms in total. The minimum absolute atomic E-state index is 0.0436. The number of benzene rings is 1. The standard InChI is InChI=1S/C19H15FN6O2/c1-12-22-16(13-6-8-21-9-7-13)10-17-24-25(19(28)26(12)17)11-18(27)23-15-5-3-2-4-14(15)20/h2-10H,11H2,1H3,(H,23,27). The van der Waals surface area contributed by atoms with Gasteiger partial charge in [0.15, 0.2) is 5.65 Å². The second-order valence-corrected chi connectivity index (χ2v) is 6.09. The zero-order chi connectivity index (χ0) is 19.7. The van der Waals surface area contributed by atoms with Gasteiger partial charge < -0.3 is 5.32 Å². The molecule has 0 saturated heterocycles. The Labute approximate surface area is 158 Å². The Bertz CT molecular complexity index is 1230. The molecule has 0 aliphatic heterocycles. The van der Waals surface area contributed by atoms with Gasteiger partial charge in [0, 0.05) is 24.0 Å². The van der Waals surface area contributed by atoms with E-state index in [1.165, 1.54) is 22.6 Å². The largest absolute Gasteiger partial charge is 0.352 e. The molecule has 0 aliphatic carbocycles. The highest BCUT2D eigenvalue weighted by Gasteiger charge is 2.15. The van der Waals surface area contributed by atoms with Crippen molar-refractivity contribution in [1.29, 1.82) is 0 Å². The van der Waals surface area contributed by atoms with E-state index >= 15 is 0 Å². The molecule has 3 heterocycles. The van der Waals surface area contributed by atoms with Crippen molar-refractivity contribution in [3.63, 3.8) is 0 Å². The number of carbonyl (C=O) groups is 1. The fourth-order valence-electron chi connectivity index (χ4n) is 2.86. The van der Waals surface area contributed by atoms with Crippen molar-refractivity contribution in [2.75, 3.05) is 5.32 Å². The Kier molecular flexibility index (Phi) is 4.40. The fraction of sp³-hybridized carbons (Fsp3) is 0.105. The zero-order valence-corrected chi connectivity index (χ0v) is 14.8. The lowest BCUT2D eigenvalue weighted by Crippen LogP contribution is -2.29. The average Bonchev–Trinajstić information content (AvgIpc) is 3.00. The molecule has 3 aromatic heterocycles. The van der Waals surface area contributed by atoms with Gasteiger partial charge in [-0.25, -0.2) is 23.3 Å². The molecular weight excluding hydrogens is 363 g/mol. The average molecular weight is 378 g/mol. The molecule has 0 unspecified atom stereocenters. The first kappa shape index (κ1) is 17.5. The van der Waals surface area contributed by atoms with Crippen LogP contribution in [0.3, 0.4) is 0 Å². The highest BCUT2D eigenvalue weighted by molar-refractivity contribution is 5.90. The summed E-state index contributed by atoms with van der Waals surface area (Å²) in [5.74, 6) is -0.675. The first-order chi connectivity index (χ1) is 13.5. The molecule has 0 fully saturated rings. The Morgan fingerprint density at radius 3 is 2.68 bits per heavy atom. The number of amides is 1. The highest BCUT2D eigenvalue weighted by Crippen LogP contribution is 2.17. The van der Waals surface area contributed by atoms with Crippen LogP contribution in [0.5, 0.6) is 0 Å². The molecule has 4 aromatic rings. The molecule has 140 valence electrons. The van der Waals surface area contributed by atoms with Crippen molar-refractivity contribution in [3.8, 4) is 11.3 Å². The number of aryl methyl sites for hydroxylation is 1. The van der Waals surface area contributed by atoms with Gasteiger partial charge in [0.2, 0.25) is 5.91 Å². The van der Waals surface area contributed by atoms with Gasteiger partial charge in [0.25, 0.3) is 0 Å². The number of nitrogens with zero attached hydrogens (tertiary/aromatic N) is 5. The molecule has 28 heavy (non-hydrogen) atoms. The Morgan fingerprint density at radius 1 is 1.18 bits per heavy atom. The van der Waals surface area contributed by atoms with E-state index in [1.54, 1.807) is 43.6 Å². The van der Waals surface area contributed by atoms with E-state index in [-0.39, 0.29) is 12.2 Å². The van der Waals surface area contributed by atoms with Crippen LogP contribution in [0.1, 0.15) is 5.82 Å². The topological polar surface area (TPSA) is 94.2 Å². The van der Waals surface area contributed by atoms with Crippen LogP contribution in [0.2, 0.25) is 0 Å². The third-order valence-corrected chi connectivity index (χ3v) is 4.15. The first-order valence-corrected chi connectivity index (χ1v) is 8.45. The predicted octanol–water partition coefficient (Wildman–Crippen LogP) is 2.04. The minimum atomic E-state index is -0.560. The number of halogens is 1. The second kappa shape index (κ2) is 7.03. The normalized spacial score (nSPS) is 10.9. The van der Waals surface area contributed by atoms with E-state index in [4.69, 9.17) is 0 Å². The number of fused-ring (bicyclic) bond motifs is 1. The van der Waals surface area contributed by atoms with Gasteiger partial charge in [0.1, 0.15) is 18.2 Å². The lowest BCUT2D eigenvalue weighted by molar-refractivity contribution is -0.117. The molecule has 1 amide bonds. The van der Waals surface area contributed by atoms with E-state index in [1.807, 2.05) is 0 Å². The molecule has 9 heteroatoms. The smallest absolute Gasteiger partial charge is 0.322 e. The summed E-state index contributed by atoms with van der Waals surface area (Å²) in [7, 11) is 0. The van der Waals surface area contributed by atoms with Crippen molar-refractivity contribution in [3.05, 3.63) is 77.0 Å². The second-order valence-electron chi connectivity index (χ2n) is 6.09. The van der Waals surface area contributed by atoms with Crippen molar-refractivity contribution < 1.29 is 9.18 Å². The van der Waals surface area contributed by atoms with Crippen LogP contribution in [0.25, 0.3) is 16.9 Å². The molecule has 4 rings (SSSR count). The van der Waals surface area contributed by atoms with E-state index in [9.17, 15) is 14.0 Å². The maximum absolute atomic E-state index is 13.7. The Morgan fingerprint density at radius 2 is 1.93 bits per heavy atom. The zero-order valence-electron chi connectivity index (χ0n) is 14.8. The summed E-state index contributed by atoms with van der Waals surface area (Å²) in [5.41, 5.74) is 1.38. The number of hydrogen-bond acceptors (Lipinski definition) is 5. The molecule has 0 bridgehead atoms. The molecule has 0 aliphatic rings. The van der Waals surface area contributed by atoms with Crippen LogP contribution in [-0.2, 0) is 11.3 Å². The van der Waals surface area contributed by atoms with Gasteiger partial charge in [-0.05, 0) is 31.2 Å². The number of nitrogens with one attached hydrogen (secondary N) is 1. The summed E-state index contributed by atoms with van der Waals surface area (Å²) in [6, 6.07) is 11.1. The number of rotatable bonds is 4. The van der Waals surface area contributed by atoms with Crippen LogP contribution in [-0.4, -0.2) is 30.1 Å². The van der Waals surface area contributed by atoms with Crippen molar-refractivity contribution in [1.82, 2.24) is 24.1 Å². The number of pyridine rings is 1. The van der Waals surface area contributed by atoms with Crippen LogP contribution in [0.4, 0.5) is 10.1 Å². The number of aromatic nitrogens is 5. The SMILES string of the molecule is Cc1nc(-c2ccncc2)cc2nn(CC(=O)Nc3ccccc3F)c(=O)n12. The molecular formula is C19H15FN6O2. The van der Waals surface area contributed by atoms with Crippen LogP contribution >= 0.6 is 0 Å². The fourth-order valence-corrected chi connectivity index (χ4v) is 2.86. The van der Waals surface area contributed by atoms with Gasteiger partial charge in [-0.1, -0.05) is 12.1 Å². The van der Waals surface area contributed by atoms with E-state index in [0.717, 1.165) is 10.2 Å². The first-order valence-electron chi connectivity index (χ1n) is 8.45. The maximum Gasteiger partial charge on any atom is 0.352 e. The van der Waals surface area contributed by atoms with Crippen LogP contribution in [0, 0.1) is 12.7 Å². The quantitative estimate of drug-likeness (QED) is 0.586. The number of para-hydroxylation sites is 1. The monoisotopic (exact) mass is 378 g/mol. The summed E-state index contributed by atoms with van der Waals surface area (Å²) in [5, 5.41) is 6.66. The Hall–Kier alpha value is -3.88. The van der Waals surface area contributed by atoms with Gasteiger partial charge in [0.05, 0.1) is 11.4 Å². The van der Waals surface area contributed by atoms with E-state index < -0.39 is 17.4 Å². The van der Waals surface area contributed by atoms with Crippen molar-refractivity contribution in [2.45, 2.75) is 13.5 Å². The Balaban J connectivity index is 1.66. The lowest BCUT2D eigenvalue weighted by Gasteiger charge is -2.05. The number of carbonyl (C=O) groups excluding carboxylic acids is 1. The minimum Gasteiger partial charge on any atom is -0.322 e.